The second kappa shape index (κ2) is 5.16. The second-order valence-corrected chi connectivity index (χ2v) is 5.10. The van der Waals surface area contributed by atoms with E-state index in [9.17, 15) is 9.90 Å². The molecule has 0 aliphatic carbocycles. The highest BCUT2D eigenvalue weighted by molar-refractivity contribution is 7.12. The third kappa shape index (κ3) is 2.14. The molecule has 2 N–H and O–H groups in total. The third-order valence-corrected chi connectivity index (χ3v) is 3.89. The normalized spacial score (nSPS) is 12.7. The van der Waals surface area contributed by atoms with E-state index in [-0.39, 0.29) is 5.78 Å². The number of rotatable bonds is 4. The Bertz CT molecular complexity index is 762. The third-order valence-electron chi connectivity index (χ3n) is 3.03. The first-order valence-electron chi connectivity index (χ1n) is 5.98. The van der Waals surface area contributed by atoms with E-state index in [0.29, 0.717) is 16.3 Å². The number of hydrogen-bond donors (Lipinski definition) is 2. The minimum atomic E-state index is -1.10. The summed E-state index contributed by atoms with van der Waals surface area (Å²) < 4.78 is 4.77. The number of methoxy groups -OCH3 is 1. The summed E-state index contributed by atoms with van der Waals surface area (Å²) in [6.45, 7) is 0. The summed E-state index contributed by atoms with van der Waals surface area (Å²) in [6, 6.07) is 7.59. The van der Waals surface area contributed by atoms with Crippen LogP contribution in [0.4, 0.5) is 0 Å². The Labute approximate surface area is 118 Å². The van der Waals surface area contributed by atoms with Crippen molar-refractivity contribution in [3.8, 4) is 0 Å². The van der Waals surface area contributed by atoms with Crippen LogP contribution in [0.3, 0.4) is 0 Å². The number of para-hydroxylation sites is 1. The first kappa shape index (κ1) is 13.0. The van der Waals surface area contributed by atoms with Crippen LogP contribution in [-0.2, 0) is 4.74 Å². The first-order valence-corrected chi connectivity index (χ1v) is 6.86. The molecular formula is C14H12N2O3S. The maximum Gasteiger partial charge on any atom is 0.223 e. The number of fused-ring (bicyclic) bond motifs is 1. The van der Waals surface area contributed by atoms with Crippen LogP contribution in [0.1, 0.15) is 27.3 Å². The zero-order chi connectivity index (χ0) is 14.1. The predicted octanol–water partition coefficient (Wildman–Crippen LogP) is 2.49. The average molecular weight is 288 g/mol. The Balaban J connectivity index is 1.98. The lowest BCUT2D eigenvalue weighted by Crippen LogP contribution is -2.03. The van der Waals surface area contributed by atoms with Gasteiger partial charge in [-0.1, -0.05) is 18.2 Å². The van der Waals surface area contributed by atoms with Crippen molar-refractivity contribution in [3.63, 3.8) is 0 Å². The van der Waals surface area contributed by atoms with E-state index in [4.69, 9.17) is 4.74 Å². The Morgan fingerprint density at radius 2 is 2.25 bits per heavy atom. The van der Waals surface area contributed by atoms with Gasteiger partial charge >= 0.3 is 0 Å². The molecule has 2 heterocycles. The fourth-order valence-corrected chi connectivity index (χ4v) is 2.78. The van der Waals surface area contributed by atoms with Crippen LogP contribution < -0.4 is 0 Å². The number of hydrogen-bond acceptors (Lipinski definition) is 5. The number of ketones is 1. The zero-order valence-corrected chi connectivity index (χ0v) is 11.5. The molecule has 0 aliphatic heterocycles. The molecule has 0 aliphatic rings. The lowest BCUT2D eigenvalue weighted by Gasteiger charge is -2.02. The molecule has 3 rings (SSSR count). The molecule has 20 heavy (non-hydrogen) atoms. The van der Waals surface area contributed by atoms with Crippen LogP contribution in [0.5, 0.6) is 0 Å². The molecule has 0 spiro atoms. The van der Waals surface area contributed by atoms with Gasteiger partial charge in [0.1, 0.15) is 5.69 Å². The smallest absolute Gasteiger partial charge is 0.223 e. The Morgan fingerprint density at radius 1 is 1.45 bits per heavy atom. The van der Waals surface area contributed by atoms with E-state index in [1.54, 1.807) is 11.6 Å². The summed E-state index contributed by atoms with van der Waals surface area (Å²) in [7, 11) is 1.38. The summed E-state index contributed by atoms with van der Waals surface area (Å²) in [4.78, 5) is 19.6. The molecule has 0 amide bonds. The molecule has 3 aromatic rings. The molecule has 0 saturated heterocycles. The van der Waals surface area contributed by atoms with Gasteiger partial charge in [0.25, 0.3) is 0 Å². The largest absolute Gasteiger partial charge is 0.363 e. The number of aromatic nitrogens is 2. The lowest BCUT2D eigenvalue weighted by atomic mass is 10.1. The molecule has 0 radical (unpaired) electrons. The van der Waals surface area contributed by atoms with Gasteiger partial charge in [0.15, 0.2) is 11.3 Å². The number of aliphatic hydroxyl groups is 1. The topological polar surface area (TPSA) is 75.2 Å². The van der Waals surface area contributed by atoms with E-state index in [1.807, 2.05) is 24.3 Å². The highest BCUT2D eigenvalue weighted by atomic mass is 32.1. The summed E-state index contributed by atoms with van der Waals surface area (Å²) in [5.74, 6) is -0.165. The fourth-order valence-electron chi connectivity index (χ4n) is 2.00. The van der Waals surface area contributed by atoms with Crippen molar-refractivity contribution in [1.82, 2.24) is 9.97 Å². The van der Waals surface area contributed by atoms with Crippen LogP contribution in [-0.4, -0.2) is 28.0 Å². The second-order valence-electron chi connectivity index (χ2n) is 4.24. The molecular weight excluding hydrogens is 276 g/mol. The summed E-state index contributed by atoms with van der Waals surface area (Å²) in [5, 5.41) is 12.3. The molecule has 5 nitrogen and oxygen atoms in total. The molecule has 102 valence electrons. The Morgan fingerprint density at radius 3 is 3.05 bits per heavy atom. The van der Waals surface area contributed by atoms with Crippen LogP contribution >= 0.6 is 11.3 Å². The molecule has 0 bridgehead atoms. The van der Waals surface area contributed by atoms with Crippen LogP contribution in [0.2, 0.25) is 0 Å². The number of carbonyl (C=O) groups excluding carboxylic acids is 1. The Hall–Kier alpha value is -2.02. The van der Waals surface area contributed by atoms with Crippen molar-refractivity contribution in [2.75, 3.05) is 7.11 Å². The molecule has 1 aromatic carbocycles. The van der Waals surface area contributed by atoms with Gasteiger partial charge in [-0.25, -0.2) is 4.98 Å². The molecule has 1 unspecified atom stereocenters. The van der Waals surface area contributed by atoms with E-state index in [2.05, 4.69) is 9.97 Å². The van der Waals surface area contributed by atoms with Gasteiger partial charge in [-0.3, -0.25) is 4.79 Å². The van der Waals surface area contributed by atoms with Crippen molar-refractivity contribution in [3.05, 3.63) is 52.1 Å². The Kier molecular flexibility index (Phi) is 3.35. The zero-order valence-electron chi connectivity index (χ0n) is 10.7. The van der Waals surface area contributed by atoms with Crippen molar-refractivity contribution < 1.29 is 14.6 Å². The fraction of sp³-hybridized carbons (Fsp3) is 0.143. The number of benzene rings is 1. The summed E-state index contributed by atoms with van der Waals surface area (Å²) in [5.41, 5.74) is 1.83. The van der Waals surface area contributed by atoms with E-state index in [1.165, 1.54) is 18.4 Å². The van der Waals surface area contributed by atoms with E-state index >= 15 is 0 Å². The number of aliphatic hydroxyl groups excluding tert-OH is 1. The number of nitrogens with zero attached hydrogens (tertiary/aromatic N) is 1. The van der Waals surface area contributed by atoms with Crippen LogP contribution in [0, 0.1) is 0 Å². The van der Waals surface area contributed by atoms with Crippen molar-refractivity contribution >= 4 is 28.0 Å². The molecule has 0 saturated carbocycles. The maximum absolute atomic E-state index is 12.5. The predicted molar refractivity (Wildman–Crippen MR) is 75.8 cm³/mol. The van der Waals surface area contributed by atoms with Gasteiger partial charge in [-0.2, -0.15) is 0 Å². The van der Waals surface area contributed by atoms with Gasteiger partial charge in [0.05, 0.1) is 5.56 Å². The minimum absolute atomic E-state index is 0.165. The van der Waals surface area contributed by atoms with Gasteiger partial charge in [-0.15, -0.1) is 11.3 Å². The maximum atomic E-state index is 12.5. The monoisotopic (exact) mass is 288 g/mol. The molecule has 2 aromatic heterocycles. The molecule has 1 atom stereocenters. The van der Waals surface area contributed by atoms with Crippen LogP contribution in [0.25, 0.3) is 10.9 Å². The number of aromatic amines is 1. The van der Waals surface area contributed by atoms with Gasteiger partial charge in [-0.05, 0) is 6.07 Å². The number of ether oxygens (including phenoxy) is 1. The molecule has 0 fully saturated rings. The number of H-pyrrole nitrogens is 1. The SMILES string of the molecule is COC(O)c1csc(C(=O)c2c[nH]c3ccccc23)n1. The van der Waals surface area contributed by atoms with E-state index in [0.717, 1.165) is 10.9 Å². The summed E-state index contributed by atoms with van der Waals surface area (Å²) in [6.07, 6.45) is 0.580. The lowest BCUT2D eigenvalue weighted by molar-refractivity contribution is -0.0795. The molecule has 6 heteroatoms. The van der Waals surface area contributed by atoms with Gasteiger partial charge in [0, 0.05) is 29.6 Å². The van der Waals surface area contributed by atoms with Crippen LogP contribution in [0.15, 0.2) is 35.8 Å². The van der Waals surface area contributed by atoms with Crippen molar-refractivity contribution in [1.29, 1.82) is 0 Å². The quantitative estimate of drug-likeness (QED) is 0.571. The van der Waals surface area contributed by atoms with Gasteiger partial charge < -0.3 is 14.8 Å². The summed E-state index contributed by atoms with van der Waals surface area (Å²) >= 11 is 1.19. The van der Waals surface area contributed by atoms with E-state index < -0.39 is 6.29 Å². The van der Waals surface area contributed by atoms with Crippen molar-refractivity contribution in [2.45, 2.75) is 6.29 Å². The number of carbonyl (C=O) groups is 1. The van der Waals surface area contributed by atoms with Crippen molar-refractivity contribution in [2.24, 2.45) is 0 Å². The highest BCUT2D eigenvalue weighted by Crippen LogP contribution is 2.24. The average Bonchev–Trinajstić information content (AvgIpc) is 3.12. The first-order chi connectivity index (χ1) is 9.70. The number of nitrogens with one attached hydrogen (secondary N) is 1. The minimum Gasteiger partial charge on any atom is -0.363 e. The van der Waals surface area contributed by atoms with Gasteiger partial charge in [0.2, 0.25) is 5.78 Å². The number of thiazole rings is 1. The highest BCUT2D eigenvalue weighted by Gasteiger charge is 2.19. The standard InChI is InChI=1S/C14H12N2O3S/c1-19-14(18)11-7-20-13(16-11)12(17)9-6-15-10-5-3-2-4-8(9)10/h2-7,14-15,18H,1H3.